The summed E-state index contributed by atoms with van der Waals surface area (Å²) in [6, 6.07) is 12.3. The fourth-order valence-corrected chi connectivity index (χ4v) is 3.98. The summed E-state index contributed by atoms with van der Waals surface area (Å²) in [5, 5.41) is 19.3. The van der Waals surface area contributed by atoms with Crippen LogP contribution >= 0.6 is 11.3 Å². The summed E-state index contributed by atoms with van der Waals surface area (Å²) in [7, 11) is 0. The number of fused-ring (bicyclic) bond motifs is 1. The number of nitrogens with one attached hydrogen (secondary N) is 1. The molecule has 0 aliphatic heterocycles. The maximum atomic E-state index is 12.8. The maximum Gasteiger partial charge on any atom is 0.416 e. The molecule has 11 heteroatoms. The molecule has 1 amide bonds. The zero-order valence-corrected chi connectivity index (χ0v) is 17.1. The Bertz CT molecular complexity index is 1310. The summed E-state index contributed by atoms with van der Waals surface area (Å²) < 4.78 is 44.7. The molecular formula is C21H14F3N5O2S. The highest BCUT2D eigenvalue weighted by molar-refractivity contribution is 7.18. The van der Waals surface area contributed by atoms with Crippen LogP contribution < -0.4 is 5.32 Å². The number of benzene rings is 2. The Balaban J connectivity index is 1.48. The maximum absolute atomic E-state index is 12.8. The van der Waals surface area contributed by atoms with Gasteiger partial charge in [-0.2, -0.15) is 18.4 Å². The largest absolute Gasteiger partial charge is 0.424 e. The van der Waals surface area contributed by atoms with Crippen LogP contribution in [0.4, 0.5) is 13.2 Å². The van der Waals surface area contributed by atoms with Gasteiger partial charge in [0.25, 0.3) is 0 Å². The van der Waals surface area contributed by atoms with Crippen LogP contribution in [0.3, 0.4) is 0 Å². The van der Waals surface area contributed by atoms with Gasteiger partial charge in [-0.15, -0.1) is 21.5 Å². The van der Waals surface area contributed by atoms with Crippen molar-refractivity contribution in [3.05, 3.63) is 64.8 Å². The average Bonchev–Trinajstić information content (AvgIpc) is 3.37. The van der Waals surface area contributed by atoms with E-state index in [2.05, 4.69) is 20.5 Å². The van der Waals surface area contributed by atoms with Crippen LogP contribution in [0.1, 0.15) is 22.4 Å². The predicted octanol–water partition coefficient (Wildman–Crippen LogP) is 4.14. The van der Waals surface area contributed by atoms with Crippen molar-refractivity contribution in [1.82, 2.24) is 20.5 Å². The minimum atomic E-state index is -4.37. The number of carbonyl (C=O) groups excluding carboxylic acids is 1. The molecule has 4 rings (SSSR count). The first-order chi connectivity index (χ1) is 15.3. The lowest BCUT2D eigenvalue weighted by Crippen LogP contribution is -2.25. The monoisotopic (exact) mass is 457 g/mol. The molecule has 0 saturated heterocycles. The van der Waals surface area contributed by atoms with E-state index in [0.29, 0.717) is 16.5 Å². The van der Waals surface area contributed by atoms with Crippen LogP contribution in [0.15, 0.2) is 46.9 Å². The van der Waals surface area contributed by atoms with Crippen LogP contribution in [0.5, 0.6) is 0 Å². The molecule has 32 heavy (non-hydrogen) atoms. The van der Waals surface area contributed by atoms with Crippen molar-refractivity contribution >= 4 is 27.5 Å². The van der Waals surface area contributed by atoms with Gasteiger partial charge in [-0.25, -0.2) is 4.98 Å². The molecule has 0 spiro atoms. The van der Waals surface area contributed by atoms with E-state index in [4.69, 9.17) is 9.68 Å². The normalized spacial score (nSPS) is 11.4. The Kier molecular flexibility index (Phi) is 5.87. The lowest BCUT2D eigenvalue weighted by molar-refractivity contribution is -0.137. The second kappa shape index (κ2) is 8.76. The molecule has 7 nitrogen and oxygen atoms in total. The Labute approximate surface area is 183 Å². The highest BCUT2D eigenvalue weighted by Gasteiger charge is 2.30. The SMILES string of the molecule is N#CCNC(=O)Cc1nnc(Cc2nc3ccc(-c4ccc(C(F)(F)F)cc4)cc3s2)o1. The highest BCUT2D eigenvalue weighted by Crippen LogP contribution is 2.33. The number of hydrogen-bond donors (Lipinski definition) is 1. The van der Waals surface area contributed by atoms with Gasteiger partial charge in [-0.3, -0.25) is 4.79 Å². The van der Waals surface area contributed by atoms with Crippen molar-refractivity contribution in [1.29, 1.82) is 5.26 Å². The topological polar surface area (TPSA) is 105 Å². The summed E-state index contributed by atoms with van der Waals surface area (Å²) in [6.07, 6.45) is -4.21. The molecule has 162 valence electrons. The van der Waals surface area contributed by atoms with Gasteiger partial charge >= 0.3 is 6.18 Å². The first kappa shape index (κ1) is 21.5. The molecule has 0 bridgehead atoms. The minimum Gasteiger partial charge on any atom is -0.424 e. The second-order valence-electron chi connectivity index (χ2n) is 6.74. The molecular weight excluding hydrogens is 443 g/mol. The van der Waals surface area contributed by atoms with Gasteiger partial charge in [0, 0.05) is 0 Å². The summed E-state index contributed by atoms with van der Waals surface area (Å²) in [5.41, 5.74) is 1.51. The molecule has 1 N–H and O–H groups in total. The van der Waals surface area contributed by atoms with Gasteiger partial charge in [0.1, 0.15) is 18.0 Å². The van der Waals surface area contributed by atoms with Gasteiger partial charge in [-0.1, -0.05) is 18.2 Å². The van der Waals surface area contributed by atoms with E-state index in [1.54, 1.807) is 12.1 Å². The lowest BCUT2D eigenvalue weighted by Gasteiger charge is -2.07. The van der Waals surface area contributed by atoms with Crippen LogP contribution in [-0.4, -0.2) is 27.6 Å². The fraction of sp³-hybridized carbons (Fsp3) is 0.190. The number of carbonyl (C=O) groups is 1. The van der Waals surface area contributed by atoms with E-state index in [1.165, 1.54) is 23.5 Å². The molecule has 2 aromatic carbocycles. The summed E-state index contributed by atoms with van der Waals surface area (Å²) >= 11 is 1.41. The molecule has 0 unspecified atom stereocenters. The summed E-state index contributed by atoms with van der Waals surface area (Å²) in [5.74, 6) is 0.0498. The van der Waals surface area contributed by atoms with Gasteiger partial charge < -0.3 is 9.73 Å². The Morgan fingerprint density at radius 2 is 1.81 bits per heavy atom. The fourth-order valence-electron chi connectivity index (χ4n) is 2.98. The first-order valence-corrected chi connectivity index (χ1v) is 10.2. The molecule has 0 atom stereocenters. The van der Waals surface area contributed by atoms with Gasteiger partial charge in [0.2, 0.25) is 17.7 Å². The van der Waals surface area contributed by atoms with E-state index < -0.39 is 17.6 Å². The number of hydrogen-bond acceptors (Lipinski definition) is 7. The van der Waals surface area contributed by atoms with Crippen molar-refractivity contribution in [2.75, 3.05) is 6.54 Å². The molecule has 0 radical (unpaired) electrons. The molecule has 2 heterocycles. The first-order valence-electron chi connectivity index (χ1n) is 9.34. The zero-order chi connectivity index (χ0) is 22.7. The Morgan fingerprint density at radius 3 is 2.53 bits per heavy atom. The number of nitrogens with zero attached hydrogens (tertiary/aromatic N) is 4. The van der Waals surface area contributed by atoms with Crippen LogP contribution in [0.2, 0.25) is 0 Å². The number of rotatable bonds is 6. The van der Waals surface area contributed by atoms with Crippen molar-refractivity contribution < 1.29 is 22.4 Å². The number of amides is 1. The summed E-state index contributed by atoms with van der Waals surface area (Å²) in [4.78, 5) is 16.1. The Morgan fingerprint density at radius 1 is 1.09 bits per heavy atom. The van der Waals surface area contributed by atoms with Crippen molar-refractivity contribution in [3.8, 4) is 17.2 Å². The third-order valence-corrected chi connectivity index (χ3v) is 5.48. The van der Waals surface area contributed by atoms with Crippen LogP contribution in [0.25, 0.3) is 21.3 Å². The quantitative estimate of drug-likeness (QED) is 0.437. The van der Waals surface area contributed by atoms with Crippen molar-refractivity contribution in [2.45, 2.75) is 19.0 Å². The number of halogens is 3. The predicted molar refractivity (Wildman–Crippen MR) is 109 cm³/mol. The number of nitriles is 1. The third kappa shape index (κ3) is 4.92. The summed E-state index contributed by atoms with van der Waals surface area (Å²) in [6.45, 7) is -0.0972. The lowest BCUT2D eigenvalue weighted by atomic mass is 10.0. The molecule has 0 fully saturated rings. The van der Waals surface area contributed by atoms with E-state index in [1.807, 2.05) is 12.1 Å². The highest BCUT2D eigenvalue weighted by atomic mass is 32.1. The number of alkyl halides is 3. The third-order valence-electron chi connectivity index (χ3n) is 4.47. The van der Waals surface area contributed by atoms with Crippen LogP contribution in [0, 0.1) is 11.3 Å². The standard InChI is InChI=1S/C21H14F3N5O2S/c22-21(23,24)14-4-1-12(2-5-14)13-3-6-15-16(9-13)32-20(27-15)11-19-29-28-18(31-19)10-17(30)26-8-7-25/h1-6,9H,8,10-11H2,(H,26,30). The van der Waals surface area contributed by atoms with E-state index in [9.17, 15) is 18.0 Å². The zero-order valence-electron chi connectivity index (χ0n) is 16.3. The van der Waals surface area contributed by atoms with Crippen molar-refractivity contribution in [3.63, 3.8) is 0 Å². The van der Waals surface area contributed by atoms with Crippen LogP contribution in [-0.2, 0) is 23.8 Å². The van der Waals surface area contributed by atoms with Gasteiger partial charge in [0.05, 0.1) is 28.3 Å². The number of aromatic nitrogens is 3. The average molecular weight is 457 g/mol. The van der Waals surface area contributed by atoms with E-state index >= 15 is 0 Å². The smallest absolute Gasteiger partial charge is 0.416 e. The minimum absolute atomic E-state index is 0.0972. The molecule has 0 aliphatic rings. The molecule has 4 aromatic rings. The molecule has 0 saturated carbocycles. The second-order valence-corrected chi connectivity index (χ2v) is 7.86. The Hall–Kier alpha value is -3.78. The molecule has 2 aromatic heterocycles. The van der Waals surface area contributed by atoms with Gasteiger partial charge in [-0.05, 0) is 35.4 Å². The number of thiazole rings is 1. The van der Waals surface area contributed by atoms with E-state index in [-0.39, 0.29) is 25.3 Å². The van der Waals surface area contributed by atoms with E-state index in [0.717, 1.165) is 27.9 Å². The van der Waals surface area contributed by atoms with Gasteiger partial charge in [0.15, 0.2) is 0 Å². The molecule has 0 aliphatic carbocycles. The van der Waals surface area contributed by atoms with Crippen molar-refractivity contribution in [2.24, 2.45) is 0 Å².